The minimum Gasteiger partial charge on any atom is -0.491 e. The van der Waals surface area contributed by atoms with Crippen LogP contribution in [0.5, 0.6) is 5.75 Å². The molecule has 0 unspecified atom stereocenters. The lowest BCUT2D eigenvalue weighted by molar-refractivity contribution is 0.321. The third-order valence-corrected chi connectivity index (χ3v) is 4.40. The number of rotatable bonds is 7. The van der Waals surface area contributed by atoms with Crippen LogP contribution in [0.4, 0.5) is 9.52 Å². The fraction of sp³-hybridized carbons (Fsp3) is 0.412. The number of halogens is 2. The summed E-state index contributed by atoms with van der Waals surface area (Å²) in [6.45, 7) is 3.30. The number of anilines is 1. The van der Waals surface area contributed by atoms with Crippen molar-refractivity contribution in [3.8, 4) is 5.75 Å². The van der Waals surface area contributed by atoms with Gasteiger partial charge in [0.05, 0.1) is 18.8 Å². The van der Waals surface area contributed by atoms with Crippen LogP contribution < -0.4 is 20.3 Å². The smallest absolute Gasteiger partial charge is 0.191 e. The summed E-state index contributed by atoms with van der Waals surface area (Å²) in [6.07, 6.45) is 0. The number of aromatic nitrogens is 1. The monoisotopic (exact) mass is 493 g/mol. The van der Waals surface area contributed by atoms with Gasteiger partial charge in [0, 0.05) is 33.1 Å². The van der Waals surface area contributed by atoms with Gasteiger partial charge in [-0.1, -0.05) is 6.07 Å². The summed E-state index contributed by atoms with van der Waals surface area (Å²) >= 11 is 1.60. The second-order valence-corrected chi connectivity index (χ2v) is 6.33. The summed E-state index contributed by atoms with van der Waals surface area (Å²) in [5.74, 6) is 0.547. The molecule has 1 aromatic heterocycles. The van der Waals surface area contributed by atoms with E-state index in [1.807, 2.05) is 37.4 Å². The molecule has 0 aliphatic heterocycles. The van der Waals surface area contributed by atoms with Crippen LogP contribution in [0, 0.1) is 5.82 Å². The van der Waals surface area contributed by atoms with Crippen molar-refractivity contribution in [1.82, 2.24) is 15.6 Å². The summed E-state index contributed by atoms with van der Waals surface area (Å²) in [4.78, 5) is 10.7. The number of hydrogen-bond donors (Lipinski definition) is 2. The molecule has 2 N–H and O–H groups in total. The molecule has 0 atom stereocenters. The second-order valence-electron chi connectivity index (χ2n) is 5.49. The minimum atomic E-state index is -0.359. The molecule has 0 bridgehead atoms. The molecule has 0 radical (unpaired) electrons. The fourth-order valence-electron chi connectivity index (χ4n) is 2.09. The van der Waals surface area contributed by atoms with Crippen molar-refractivity contribution in [2.45, 2.75) is 20.0 Å². The second kappa shape index (κ2) is 11.2. The Morgan fingerprint density at radius 1 is 1.31 bits per heavy atom. The summed E-state index contributed by atoms with van der Waals surface area (Å²) in [5, 5.41) is 9.34. The van der Waals surface area contributed by atoms with Gasteiger partial charge in [0.15, 0.2) is 22.7 Å². The maximum absolute atomic E-state index is 13.9. The zero-order valence-electron chi connectivity index (χ0n) is 15.4. The van der Waals surface area contributed by atoms with Crippen molar-refractivity contribution in [3.63, 3.8) is 0 Å². The number of nitrogens with zero attached hydrogens (tertiary/aromatic N) is 3. The van der Waals surface area contributed by atoms with E-state index in [1.54, 1.807) is 24.5 Å². The Labute approximate surface area is 174 Å². The topological polar surface area (TPSA) is 61.8 Å². The van der Waals surface area contributed by atoms with Crippen molar-refractivity contribution < 1.29 is 9.13 Å². The first-order valence-electron chi connectivity index (χ1n) is 8.01. The zero-order chi connectivity index (χ0) is 18.2. The first-order valence-corrected chi connectivity index (χ1v) is 8.89. The van der Waals surface area contributed by atoms with E-state index in [9.17, 15) is 4.39 Å². The average molecular weight is 493 g/mol. The lowest BCUT2D eigenvalue weighted by Gasteiger charge is -2.12. The molecule has 0 aliphatic rings. The van der Waals surface area contributed by atoms with Gasteiger partial charge in [-0.25, -0.2) is 9.37 Å². The molecule has 26 heavy (non-hydrogen) atoms. The Hall–Kier alpha value is -1.62. The van der Waals surface area contributed by atoms with Crippen LogP contribution in [-0.2, 0) is 13.1 Å². The van der Waals surface area contributed by atoms with Gasteiger partial charge in [-0.3, -0.25) is 4.99 Å². The number of hydrogen-bond acceptors (Lipinski definition) is 5. The largest absolute Gasteiger partial charge is 0.491 e. The van der Waals surface area contributed by atoms with Crippen LogP contribution in [0.1, 0.15) is 18.2 Å². The molecule has 0 fully saturated rings. The molecule has 0 spiro atoms. The first-order chi connectivity index (χ1) is 12.0. The van der Waals surface area contributed by atoms with Crippen LogP contribution in [0.25, 0.3) is 0 Å². The van der Waals surface area contributed by atoms with E-state index >= 15 is 0 Å². The van der Waals surface area contributed by atoms with Crippen molar-refractivity contribution in [1.29, 1.82) is 0 Å². The van der Waals surface area contributed by atoms with Crippen molar-refractivity contribution in [3.05, 3.63) is 40.7 Å². The van der Waals surface area contributed by atoms with Gasteiger partial charge in [0.1, 0.15) is 0 Å². The van der Waals surface area contributed by atoms with Gasteiger partial charge in [0.25, 0.3) is 0 Å². The molecule has 6 nitrogen and oxygen atoms in total. The van der Waals surface area contributed by atoms with E-state index in [2.05, 4.69) is 20.6 Å². The quantitative estimate of drug-likeness (QED) is 0.353. The van der Waals surface area contributed by atoms with Crippen molar-refractivity contribution in [2.75, 3.05) is 32.6 Å². The van der Waals surface area contributed by atoms with Crippen LogP contribution >= 0.6 is 35.3 Å². The molecule has 0 aliphatic carbocycles. The molecule has 0 saturated carbocycles. The summed E-state index contributed by atoms with van der Waals surface area (Å²) in [7, 11) is 5.62. The maximum atomic E-state index is 13.9. The van der Waals surface area contributed by atoms with Crippen LogP contribution in [-0.4, -0.2) is 38.7 Å². The summed E-state index contributed by atoms with van der Waals surface area (Å²) in [6, 6.07) is 4.94. The number of benzene rings is 1. The Kier molecular flexibility index (Phi) is 9.63. The predicted octanol–water partition coefficient (Wildman–Crippen LogP) is 3.23. The van der Waals surface area contributed by atoms with Crippen molar-refractivity contribution >= 4 is 46.4 Å². The Bertz CT molecular complexity index is 723. The van der Waals surface area contributed by atoms with E-state index in [0.29, 0.717) is 25.7 Å². The Balaban J connectivity index is 0.00000338. The SMILES string of the molecule is CCOc1ccc(CNC(=NC)NCc2csc(N(C)C)n2)cc1F.I. The van der Waals surface area contributed by atoms with E-state index in [0.717, 1.165) is 16.4 Å². The van der Waals surface area contributed by atoms with Gasteiger partial charge >= 0.3 is 0 Å². The Morgan fingerprint density at radius 3 is 2.62 bits per heavy atom. The molecular formula is C17H25FIN5OS. The first kappa shape index (κ1) is 22.4. The Morgan fingerprint density at radius 2 is 2.04 bits per heavy atom. The van der Waals surface area contributed by atoms with Crippen molar-refractivity contribution in [2.24, 2.45) is 4.99 Å². The third kappa shape index (κ3) is 6.60. The number of ether oxygens (including phenoxy) is 1. The summed E-state index contributed by atoms with van der Waals surface area (Å²) in [5.41, 5.74) is 1.76. The predicted molar refractivity (Wildman–Crippen MR) is 116 cm³/mol. The highest BCUT2D eigenvalue weighted by molar-refractivity contribution is 14.0. The highest BCUT2D eigenvalue weighted by Gasteiger charge is 2.07. The lowest BCUT2D eigenvalue weighted by Crippen LogP contribution is -2.36. The van der Waals surface area contributed by atoms with Crippen LogP contribution in [0.3, 0.4) is 0 Å². The zero-order valence-corrected chi connectivity index (χ0v) is 18.5. The van der Waals surface area contributed by atoms with E-state index in [1.165, 1.54) is 6.07 Å². The van der Waals surface area contributed by atoms with Gasteiger partial charge in [-0.2, -0.15) is 0 Å². The molecule has 9 heteroatoms. The lowest BCUT2D eigenvalue weighted by atomic mass is 10.2. The average Bonchev–Trinajstić information content (AvgIpc) is 3.07. The number of guanidine groups is 1. The normalized spacial score (nSPS) is 10.9. The molecule has 1 heterocycles. The molecule has 144 valence electrons. The molecular weight excluding hydrogens is 468 g/mol. The molecule has 0 saturated heterocycles. The van der Waals surface area contributed by atoms with Gasteiger partial charge in [0.2, 0.25) is 0 Å². The minimum absolute atomic E-state index is 0. The standard InChI is InChI=1S/C17H24FN5OS.HI/c1-5-24-15-7-6-12(8-14(15)18)9-20-16(19-2)21-10-13-11-25-17(22-13)23(3)4;/h6-8,11H,5,9-10H2,1-4H3,(H2,19,20,21);1H. The van der Waals surface area contributed by atoms with Gasteiger partial charge in [-0.05, 0) is 24.6 Å². The number of nitrogens with one attached hydrogen (secondary N) is 2. The fourth-order valence-corrected chi connectivity index (χ4v) is 2.85. The van der Waals surface area contributed by atoms with Crippen LogP contribution in [0.2, 0.25) is 0 Å². The van der Waals surface area contributed by atoms with Gasteiger partial charge in [-0.15, -0.1) is 35.3 Å². The van der Waals surface area contributed by atoms with Crippen LogP contribution in [0.15, 0.2) is 28.6 Å². The van der Waals surface area contributed by atoms with E-state index < -0.39 is 0 Å². The molecule has 2 rings (SSSR count). The third-order valence-electron chi connectivity index (χ3n) is 3.34. The highest BCUT2D eigenvalue weighted by Crippen LogP contribution is 2.18. The van der Waals surface area contributed by atoms with E-state index in [-0.39, 0.29) is 35.5 Å². The summed E-state index contributed by atoms with van der Waals surface area (Å²) < 4.78 is 19.1. The number of aliphatic imine (C=N–C) groups is 1. The molecule has 1 aromatic carbocycles. The van der Waals surface area contributed by atoms with Gasteiger partial charge < -0.3 is 20.3 Å². The van der Waals surface area contributed by atoms with E-state index in [4.69, 9.17) is 4.74 Å². The highest BCUT2D eigenvalue weighted by atomic mass is 127. The number of thiazole rings is 1. The molecule has 0 amide bonds. The maximum Gasteiger partial charge on any atom is 0.191 e. The molecule has 2 aromatic rings.